The third-order valence-corrected chi connectivity index (χ3v) is 2.47. The molecule has 0 amide bonds. The fourth-order valence-electron chi connectivity index (χ4n) is 1.55. The van der Waals surface area contributed by atoms with Gasteiger partial charge in [-0.05, 0) is 51.1 Å². The average Bonchev–Trinajstić information content (AvgIpc) is 2.89. The molecule has 0 atom stereocenters. The van der Waals surface area contributed by atoms with E-state index < -0.39 is 17.7 Å². The quantitative estimate of drug-likeness (QED) is 0.676. The van der Waals surface area contributed by atoms with Gasteiger partial charge < -0.3 is 15.2 Å². The van der Waals surface area contributed by atoms with Crippen molar-refractivity contribution in [1.82, 2.24) is 9.78 Å². The zero-order chi connectivity index (χ0) is 16.3. The molecule has 2 N–H and O–H groups in total. The zero-order valence-electron chi connectivity index (χ0n) is 12.6. The molecule has 0 aliphatic carbocycles. The van der Waals surface area contributed by atoms with Crippen LogP contribution in [0.15, 0.2) is 36.5 Å². The Morgan fingerprint density at radius 2 is 1.77 bits per heavy atom. The maximum Gasteiger partial charge on any atom is 0.440 e. The van der Waals surface area contributed by atoms with Gasteiger partial charge in [0.15, 0.2) is 5.69 Å². The van der Waals surface area contributed by atoms with Crippen LogP contribution in [-0.4, -0.2) is 27.4 Å². The van der Waals surface area contributed by atoms with Crippen molar-refractivity contribution < 1.29 is 19.1 Å². The molecule has 0 fully saturated rings. The molecule has 0 unspecified atom stereocenters. The van der Waals surface area contributed by atoms with Crippen LogP contribution in [0.25, 0.3) is 0 Å². The van der Waals surface area contributed by atoms with Gasteiger partial charge in [0.2, 0.25) is 0 Å². The van der Waals surface area contributed by atoms with E-state index in [-0.39, 0.29) is 5.69 Å². The Kier molecular flexibility index (Phi) is 4.16. The molecule has 0 saturated heterocycles. The van der Waals surface area contributed by atoms with Crippen LogP contribution in [0.3, 0.4) is 0 Å². The molecule has 1 aromatic carbocycles. The normalized spacial score (nSPS) is 11.0. The van der Waals surface area contributed by atoms with Gasteiger partial charge in [-0.25, -0.2) is 9.59 Å². The second-order valence-corrected chi connectivity index (χ2v) is 5.58. The van der Waals surface area contributed by atoms with Gasteiger partial charge >= 0.3 is 12.1 Å². The van der Waals surface area contributed by atoms with Gasteiger partial charge in [0.05, 0.1) is 0 Å². The SMILES string of the molecule is CC(C)(C)OC(=O)c1ccn(C(=O)Oc2ccc(N)cc2)n1. The van der Waals surface area contributed by atoms with Gasteiger partial charge in [0.1, 0.15) is 11.4 Å². The van der Waals surface area contributed by atoms with Gasteiger partial charge in [0.25, 0.3) is 0 Å². The smallest absolute Gasteiger partial charge is 0.440 e. The molecule has 7 heteroatoms. The first kappa shape index (κ1) is 15.6. The Morgan fingerprint density at radius 1 is 1.14 bits per heavy atom. The summed E-state index contributed by atoms with van der Waals surface area (Å²) in [6, 6.07) is 7.73. The summed E-state index contributed by atoms with van der Waals surface area (Å²) in [4.78, 5) is 23.7. The molecule has 0 aliphatic rings. The van der Waals surface area contributed by atoms with Crippen LogP contribution in [-0.2, 0) is 4.74 Å². The molecular weight excluding hydrogens is 286 g/mol. The third kappa shape index (κ3) is 4.08. The number of aromatic nitrogens is 2. The van der Waals surface area contributed by atoms with Crippen molar-refractivity contribution in [3.05, 3.63) is 42.2 Å². The van der Waals surface area contributed by atoms with Crippen LogP contribution >= 0.6 is 0 Å². The Morgan fingerprint density at radius 3 is 2.36 bits per heavy atom. The van der Waals surface area contributed by atoms with E-state index in [0.717, 1.165) is 4.68 Å². The fourth-order valence-corrected chi connectivity index (χ4v) is 1.55. The lowest BCUT2D eigenvalue weighted by atomic mass is 10.2. The van der Waals surface area contributed by atoms with Crippen LogP contribution in [0.4, 0.5) is 10.5 Å². The van der Waals surface area contributed by atoms with Crippen molar-refractivity contribution in [2.75, 3.05) is 5.73 Å². The van der Waals surface area contributed by atoms with Crippen LogP contribution < -0.4 is 10.5 Å². The van der Waals surface area contributed by atoms with Crippen molar-refractivity contribution in [1.29, 1.82) is 0 Å². The minimum atomic E-state index is -0.736. The van der Waals surface area contributed by atoms with E-state index in [0.29, 0.717) is 11.4 Å². The first-order valence-corrected chi connectivity index (χ1v) is 6.61. The number of rotatable bonds is 2. The van der Waals surface area contributed by atoms with Crippen LogP contribution in [0.1, 0.15) is 31.3 Å². The van der Waals surface area contributed by atoms with Crippen LogP contribution in [0.5, 0.6) is 5.75 Å². The van der Waals surface area contributed by atoms with Crippen molar-refractivity contribution in [3.8, 4) is 5.75 Å². The minimum Gasteiger partial charge on any atom is -0.455 e. The van der Waals surface area contributed by atoms with E-state index in [1.54, 1.807) is 45.0 Å². The predicted molar refractivity (Wildman–Crippen MR) is 79.7 cm³/mol. The summed E-state index contributed by atoms with van der Waals surface area (Å²) in [5.41, 5.74) is 5.51. The van der Waals surface area contributed by atoms with Gasteiger partial charge in [-0.15, -0.1) is 0 Å². The highest BCUT2D eigenvalue weighted by Gasteiger charge is 2.21. The number of nitrogen functional groups attached to an aromatic ring is 1. The number of anilines is 1. The summed E-state index contributed by atoms with van der Waals surface area (Å²) < 4.78 is 11.2. The van der Waals surface area contributed by atoms with E-state index in [9.17, 15) is 9.59 Å². The molecule has 116 valence electrons. The summed E-state index contributed by atoms with van der Waals surface area (Å²) in [6.07, 6.45) is 0.596. The van der Waals surface area contributed by atoms with Gasteiger partial charge in [-0.1, -0.05) is 0 Å². The molecule has 0 bridgehead atoms. The summed E-state index contributed by atoms with van der Waals surface area (Å²) in [6.45, 7) is 5.24. The standard InChI is InChI=1S/C15H17N3O4/c1-15(2,3)22-13(19)12-8-9-18(17-12)14(20)21-11-6-4-10(16)5-7-11/h4-9H,16H2,1-3H3. The number of carbonyl (C=O) groups is 2. The molecule has 0 aliphatic heterocycles. The van der Waals surface area contributed by atoms with Gasteiger partial charge in [0, 0.05) is 11.9 Å². The average molecular weight is 303 g/mol. The van der Waals surface area contributed by atoms with Gasteiger partial charge in [-0.2, -0.15) is 9.78 Å². The minimum absolute atomic E-state index is 0.0316. The van der Waals surface area contributed by atoms with E-state index in [4.69, 9.17) is 15.2 Å². The first-order chi connectivity index (χ1) is 10.2. The molecule has 1 heterocycles. The Labute approximate surface area is 127 Å². The number of esters is 1. The largest absolute Gasteiger partial charge is 0.455 e. The number of benzene rings is 1. The second kappa shape index (κ2) is 5.88. The Balaban J connectivity index is 2.06. The molecular formula is C15H17N3O4. The van der Waals surface area contributed by atoms with Crippen LogP contribution in [0.2, 0.25) is 0 Å². The highest BCUT2D eigenvalue weighted by molar-refractivity contribution is 5.88. The Bertz CT molecular complexity index is 684. The lowest BCUT2D eigenvalue weighted by Gasteiger charge is -2.18. The summed E-state index contributed by atoms with van der Waals surface area (Å²) in [7, 11) is 0. The first-order valence-electron chi connectivity index (χ1n) is 6.61. The molecule has 7 nitrogen and oxygen atoms in total. The van der Waals surface area contributed by atoms with Crippen molar-refractivity contribution in [2.45, 2.75) is 26.4 Å². The molecule has 1 aromatic heterocycles. The van der Waals surface area contributed by atoms with E-state index in [1.165, 1.54) is 12.3 Å². The molecule has 0 spiro atoms. The fraction of sp³-hybridized carbons (Fsp3) is 0.267. The zero-order valence-corrected chi connectivity index (χ0v) is 12.6. The number of hydrogen-bond acceptors (Lipinski definition) is 6. The molecule has 2 aromatic rings. The molecule has 22 heavy (non-hydrogen) atoms. The molecule has 0 radical (unpaired) electrons. The van der Waals surface area contributed by atoms with E-state index in [2.05, 4.69) is 5.10 Å². The lowest BCUT2D eigenvalue weighted by Crippen LogP contribution is -2.24. The maximum absolute atomic E-state index is 11.9. The highest BCUT2D eigenvalue weighted by atomic mass is 16.6. The third-order valence-electron chi connectivity index (χ3n) is 2.47. The Hall–Kier alpha value is -2.83. The van der Waals surface area contributed by atoms with E-state index in [1.807, 2.05) is 0 Å². The number of nitrogens with two attached hydrogens (primary N) is 1. The van der Waals surface area contributed by atoms with Crippen molar-refractivity contribution in [2.24, 2.45) is 0 Å². The lowest BCUT2D eigenvalue weighted by molar-refractivity contribution is 0.00624. The van der Waals surface area contributed by atoms with E-state index >= 15 is 0 Å². The number of nitrogens with zero attached hydrogens (tertiary/aromatic N) is 2. The molecule has 2 rings (SSSR count). The summed E-state index contributed by atoms with van der Waals surface area (Å²) >= 11 is 0. The summed E-state index contributed by atoms with van der Waals surface area (Å²) in [5, 5.41) is 3.85. The number of carbonyl (C=O) groups excluding carboxylic acids is 2. The van der Waals surface area contributed by atoms with Crippen LogP contribution in [0, 0.1) is 0 Å². The monoisotopic (exact) mass is 303 g/mol. The molecule has 0 saturated carbocycles. The van der Waals surface area contributed by atoms with Crippen molar-refractivity contribution in [3.63, 3.8) is 0 Å². The topological polar surface area (TPSA) is 96.4 Å². The highest BCUT2D eigenvalue weighted by Crippen LogP contribution is 2.14. The number of ether oxygens (including phenoxy) is 2. The van der Waals surface area contributed by atoms with Gasteiger partial charge in [-0.3, -0.25) is 0 Å². The summed E-state index contributed by atoms with van der Waals surface area (Å²) in [5.74, 6) is -0.278. The van der Waals surface area contributed by atoms with Crippen molar-refractivity contribution >= 4 is 17.7 Å². The number of hydrogen-bond donors (Lipinski definition) is 1. The predicted octanol–water partition coefficient (Wildman–Crippen LogP) is 2.47. The second-order valence-electron chi connectivity index (χ2n) is 5.58. The maximum atomic E-state index is 11.9.